The fourth-order valence-electron chi connectivity index (χ4n) is 1.58. The van der Waals surface area contributed by atoms with Crippen molar-refractivity contribution in [2.45, 2.75) is 34.1 Å². The molecule has 0 saturated heterocycles. The van der Waals surface area contributed by atoms with E-state index in [2.05, 4.69) is 36.3 Å². The molecule has 1 aromatic rings. The molecule has 0 saturated carbocycles. The average molecular weight is 256 g/mol. The Morgan fingerprint density at radius 1 is 1.47 bits per heavy atom. The van der Waals surface area contributed by atoms with Crippen LogP contribution in [0.4, 0.5) is 5.13 Å². The zero-order valence-corrected chi connectivity index (χ0v) is 11.6. The number of carbonyl (C=O) groups is 1. The first kappa shape index (κ1) is 14.1. The Morgan fingerprint density at radius 2 is 2.12 bits per heavy atom. The summed E-state index contributed by atoms with van der Waals surface area (Å²) in [5.41, 5.74) is 5.73. The van der Waals surface area contributed by atoms with Gasteiger partial charge in [0.15, 0.2) is 0 Å². The molecule has 17 heavy (non-hydrogen) atoms. The van der Waals surface area contributed by atoms with Crippen molar-refractivity contribution in [3.05, 3.63) is 5.01 Å². The maximum Gasteiger partial charge on any atom is 0.230 e. The highest BCUT2D eigenvalue weighted by molar-refractivity contribution is 7.15. The second-order valence-corrected chi connectivity index (χ2v) is 6.49. The molecule has 6 heteroatoms. The van der Waals surface area contributed by atoms with Crippen LogP contribution in [-0.4, -0.2) is 22.6 Å². The second-order valence-electron chi connectivity index (χ2n) is 5.31. The molecule has 0 bridgehead atoms. The Morgan fingerprint density at radius 3 is 2.53 bits per heavy atom. The van der Waals surface area contributed by atoms with E-state index in [9.17, 15) is 4.79 Å². The lowest BCUT2D eigenvalue weighted by molar-refractivity contribution is -0.120. The third-order valence-corrected chi connectivity index (χ3v) is 3.02. The molecule has 1 heterocycles. The minimum atomic E-state index is -0.181. The van der Waals surface area contributed by atoms with Crippen molar-refractivity contribution in [2.24, 2.45) is 17.1 Å². The summed E-state index contributed by atoms with van der Waals surface area (Å²) in [7, 11) is 0. The van der Waals surface area contributed by atoms with E-state index >= 15 is 0 Å². The monoisotopic (exact) mass is 256 g/mol. The van der Waals surface area contributed by atoms with E-state index in [4.69, 9.17) is 5.73 Å². The van der Waals surface area contributed by atoms with Crippen LogP contribution in [0.5, 0.6) is 0 Å². The van der Waals surface area contributed by atoms with Gasteiger partial charge in [0, 0.05) is 6.54 Å². The predicted molar refractivity (Wildman–Crippen MR) is 69.9 cm³/mol. The molecular weight excluding hydrogens is 236 g/mol. The van der Waals surface area contributed by atoms with Gasteiger partial charge in [-0.05, 0) is 18.8 Å². The summed E-state index contributed by atoms with van der Waals surface area (Å²) >= 11 is 1.37. The van der Waals surface area contributed by atoms with Crippen molar-refractivity contribution in [1.82, 2.24) is 10.2 Å². The van der Waals surface area contributed by atoms with Crippen LogP contribution in [0.1, 0.15) is 32.2 Å². The highest BCUT2D eigenvalue weighted by atomic mass is 32.1. The Kier molecular flexibility index (Phi) is 4.59. The number of amides is 1. The van der Waals surface area contributed by atoms with Crippen LogP contribution in [0.25, 0.3) is 0 Å². The molecule has 1 atom stereocenters. The Hall–Kier alpha value is -1.01. The number of nitrogens with two attached hydrogens (primary N) is 1. The molecule has 1 aromatic heterocycles. The molecule has 0 fully saturated rings. The van der Waals surface area contributed by atoms with Crippen molar-refractivity contribution >= 4 is 22.4 Å². The zero-order valence-electron chi connectivity index (χ0n) is 10.8. The van der Waals surface area contributed by atoms with Gasteiger partial charge in [-0.2, -0.15) is 0 Å². The minimum Gasteiger partial charge on any atom is -0.330 e. The number of nitrogens with zero attached hydrogens (tertiary/aromatic N) is 2. The molecule has 0 aliphatic carbocycles. The quantitative estimate of drug-likeness (QED) is 0.860. The van der Waals surface area contributed by atoms with Gasteiger partial charge >= 0.3 is 0 Å². The van der Waals surface area contributed by atoms with Gasteiger partial charge in [0.1, 0.15) is 5.01 Å². The van der Waals surface area contributed by atoms with Gasteiger partial charge < -0.3 is 11.1 Å². The largest absolute Gasteiger partial charge is 0.330 e. The molecule has 1 unspecified atom stereocenters. The smallest absolute Gasteiger partial charge is 0.230 e. The Labute approximate surface area is 106 Å². The van der Waals surface area contributed by atoms with Crippen molar-refractivity contribution in [1.29, 1.82) is 0 Å². The lowest BCUT2D eigenvalue weighted by Gasteiger charge is -2.23. The van der Waals surface area contributed by atoms with Crippen LogP contribution in [0.2, 0.25) is 0 Å². The zero-order chi connectivity index (χ0) is 13.1. The van der Waals surface area contributed by atoms with E-state index in [1.54, 1.807) is 0 Å². The highest BCUT2D eigenvalue weighted by Gasteiger charge is 2.24. The number of aryl methyl sites for hydroxylation is 1. The molecule has 0 aromatic carbocycles. The van der Waals surface area contributed by atoms with Gasteiger partial charge in [0.25, 0.3) is 0 Å². The summed E-state index contributed by atoms with van der Waals surface area (Å²) < 4.78 is 0. The summed E-state index contributed by atoms with van der Waals surface area (Å²) in [6.07, 6.45) is 0.757. The van der Waals surface area contributed by atoms with Gasteiger partial charge in [-0.25, -0.2) is 0 Å². The minimum absolute atomic E-state index is 0.0708. The van der Waals surface area contributed by atoms with Crippen LogP contribution in [0.15, 0.2) is 0 Å². The average Bonchev–Trinajstić information content (AvgIpc) is 2.59. The fourth-order valence-corrected chi connectivity index (χ4v) is 2.17. The van der Waals surface area contributed by atoms with E-state index in [-0.39, 0.29) is 17.2 Å². The lowest BCUT2D eigenvalue weighted by Crippen LogP contribution is -2.32. The molecule has 3 N–H and O–H groups in total. The van der Waals surface area contributed by atoms with Crippen LogP contribution in [0, 0.1) is 18.3 Å². The lowest BCUT2D eigenvalue weighted by atomic mass is 9.84. The molecule has 1 amide bonds. The summed E-state index contributed by atoms with van der Waals surface area (Å²) in [5.74, 6) is -0.252. The number of nitrogens with one attached hydrogen (secondary N) is 1. The molecule has 96 valence electrons. The van der Waals surface area contributed by atoms with Crippen LogP contribution >= 0.6 is 11.3 Å². The SMILES string of the molecule is Cc1nnc(NC(=O)C(CN)CC(C)(C)C)s1. The molecule has 5 nitrogen and oxygen atoms in total. The van der Waals surface area contributed by atoms with Crippen molar-refractivity contribution in [2.75, 3.05) is 11.9 Å². The summed E-state index contributed by atoms with van der Waals surface area (Å²) in [6.45, 7) is 8.48. The number of hydrogen-bond acceptors (Lipinski definition) is 5. The molecule has 0 aliphatic heterocycles. The van der Waals surface area contributed by atoms with E-state index in [1.165, 1.54) is 11.3 Å². The van der Waals surface area contributed by atoms with Gasteiger partial charge in [-0.15, -0.1) is 10.2 Å². The highest BCUT2D eigenvalue weighted by Crippen LogP contribution is 2.25. The standard InChI is InChI=1S/C11H20N4OS/c1-7-14-15-10(17-7)13-9(16)8(6-12)5-11(2,3)4/h8H,5-6,12H2,1-4H3,(H,13,15,16). The van der Waals surface area contributed by atoms with E-state index < -0.39 is 0 Å². The predicted octanol–water partition coefficient (Wildman–Crippen LogP) is 1.80. The first-order valence-corrected chi connectivity index (χ1v) is 6.44. The summed E-state index contributed by atoms with van der Waals surface area (Å²) in [6, 6.07) is 0. The van der Waals surface area contributed by atoms with Gasteiger partial charge in [-0.1, -0.05) is 32.1 Å². The Bertz CT molecular complexity index is 383. The number of rotatable bonds is 4. The van der Waals surface area contributed by atoms with E-state index in [1.807, 2.05) is 6.92 Å². The molecule has 1 rings (SSSR count). The molecular formula is C11H20N4OS. The van der Waals surface area contributed by atoms with Crippen LogP contribution < -0.4 is 11.1 Å². The molecule has 0 spiro atoms. The summed E-state index contributed by atoms with van der Waals surface area (Å²) in [4.78, 5) is 12.0. The number of aromatic nitrogens is 2. The van der Waals surface area contributed by atoms with Crippen LogP contribution in [-0.2, 0) is 4.79 Å². The fraction of sp³-hybridized carbons (Fsp3) is 0.727. The second kappa shape index (κ2) is 5.55. The Balaban J connectivity index is 2.61. The third-order valence-electron chi connectivity index (χ3n) is 2.27. The first-order valence-electron chi connectivity index (χ1n) is 5.63. The topological polar surface area (TPSA) is 80.9 Å². The molecule has 0 radical (unpaired) electrons. The normalized spacial score (nSPS) is 13.5. The summed E-state index contributed by atoms with van der Waals surface area (Å²) in [5, 5.41) is 11.9. The number of carbonyl (C=O) groups excluding carboxylic acids is 1. The number of anilines is 1. The maximum absolute atomic E-state index is 12.0. The van der Waals surface area contributed by atoms with Crippen molar-refractivity contribution in [3.63, 3.8) is 0 Å². The van der Waals surface area contributed by atoms with Crippen LogP contribution in [0.3, 0.4) is 0 Å². The van der Waals surface area contributed by atoms with Crippen molar-refractivity contribution < 1.29 is 4.79 Å². The number of hydrogen-bond donors (Lipinski definition) is 2. The van der Waals surface area contributed by atoms with Crippen molar-refractivity contribution in [3.8, 4) is 0 Å². The first-order chi connectivity index (χ1) is 7.81. The van der Waals surface area contributed by atoms with Gasteiger partial charge in [0.05, 0.1) is 5.92 Å². The third kappa shape index (κ3) is 4.79. The van der Waals surface area contributed by atoms with Gasteiger partial charge in [-0.3, -0.25) is 4.79 Å². The van der Waals surface area contributed by atoms with E-state index in [0.29, 0.717) is 11.7 Å². The maximum atomic E-state index is 12.0. The van der Waals surface area contributed by atoms with E-state index in [0.717, 1.165) is 11.4 Å². The molecule has 0 aliphatic rings. The van der Waals surface area contributed by atoms with Gasteiger partial charge in [0.2, 0.25) is 11.0 Å².